The van der Waals surface area contributed by atoms with Crippen molar-refractivity contribution < 1.29 is 4.79 Å². The van der Waals surface area contributed by atoms with Crippen molar-refractivity contribution >= 4 is 11.6 Å². The molecule has 3 aromatic rings. The second-order valence-electron chi connectivity index (χ2n) is 6.55. The first kappa shape index (κ1) is 17.1. The fraction of sp³-hybridized carbons (Fsp3) is 0.350. The number of fused-ring (bicyclic) bond motifs is 1. The molecule has 2 heterocycles. The van der Waals surface area contributed by atoms with E-state index in [4.69, 9.17) is 0 Å². The topological polar surface area (TPSA) is 50.5 Å². The van der Waals surface area contributed by atoms with Crippen LogP contribution in [0.5, 0.6) is 0 Å². The quantitative estimate of drug-likeness (QED) is 0.719. The lowest BCUT2D eigenvalue weighted by Gasteiger charge is -2.18. The molecule has 1 amide bonds. The van der Waals surface area contributed by atoms with Crippen molar-refractivity contribution in [1.29, 1.82) is 0 Å². The van der Waals surface area contributed by atoms with Gasteiger partial charge in [0.15, 0.2) is 5.65 Å². The van der Waals surface area contributed by atoms with Crippen molar-refractivity contribution in [2.24, 2.45) is 0 Å². The molecule has 0 fully saturated rings. The number of nitrogens with zero attached hydrogens (tertiary/aromatic N) is 4. The van der Waals surface area contributed by atoms with Crippen molar-refractivity contribution in [2.75, 3.05) is 7.05 Å². The van der Waals surface area contributed by atoms with Crippen molar-refractivity contribution in [3.05, 3.63) is 64.6 Å². The van der Waals surface area contributed by atoms with E-state index in [0.29, 0.717) is 19.4 Å². The molecule has 2 aromatic heterocycles. The van der Waals surface area contributed by atoms with Crippen LogP contribution in [0.2, 0.25) is 0 Å². The average molecular weight is 336 g/mol. The molecule has 0 aliphatic rings. The Bertz CT molecular complexity index is 899. The van der Waals surface area contributed by atoms with Gasteiger partial charge in [-0.05, 0) is 38.3 Å². The maximum absolute atomic E-state index is 12.5. The zero-order valence-corrected chi connectivity index (χ0v) is 15.3. The fourth-order valence-corrected chi connectivity index (χ4v) is 3.17. The maximum Gasteiger partial charge on any atom is 0.222 e. The van der Waals surface area contributed by atoms with Gasteiger partial charge in [0, 0.05) is 37.5 Å². The van der Waals surface area contributed by atoms with E-state index in [9.17, 15) is 4.79 Å². The van der Waals surface area contributed by atoms with E-state index in [1.807, 2.05) is 68.7 Å². The standard InChI is InChI=1S/C20H24N4O/c1-14-12-19-21-15(2)18(16(3)24(19)22-14)10-11-20(25)23(4)13-17-8-6-5-7-9-17/h5-9,12H,10-11,13H2,1-4H3. The number of carbonyl (C=O) groups excluding carboxylic acids is 1. The molecule has 0 saturated carbocycles. The Hall–Kier alpha value is -2.69. The summed E-state index contributed by atoms with van der Waals surface area (Å²) in [5, 5.41) is 4.49. The molecule has 0 spiro atoms. The number of hydrogen-bond acceptors (Lipinski definition) is 3. The molecule has 130 valence electrons. The Balaban J connectivity index is 1.70. The largest absolute Gasteiger partial charge is 0.341 e. The molecule has 0 bridgehead atoms. The number of aromatic nitrogens is 3. The first-order chi connectivity index (χ1) is 12.0. The minimum atomic E-state index is 0.138. The van der Waals surface area contributed by atoms with Crippen LogP contribution < -0.4 is 0 Å². The van der Waals surface area contributed by atoms with E-state index in [-0.39, 0.29) is 5.91 Å². The molecule has 0 radical (unpaired) electrons. The molecule has 0 N–H and O–H groups in total. The van der Waals surface area contributed by atoms with Gasteiger partial charge in [0.2, 0.25) is 5.91 Å². The van der Waals surface area contributed by atoms with Crippen LogP contribution in [0.1, 0.15) is 34.6 Å². The van der Waals surface area contributed by atoms with Gasteiger partial charge in [0.25, 0.3) is 0 Å². The molecule has 1 aromatic carbocycles. The van der Waals surface area contributed by atoms with Crippen molar-refractivity contribution in [1.82, 2.24) is 19.5 Å². The Labute approximate surface area is 148 Å². The Kier molecular flexibility index (Phi) is 4.83. The normalized spacial score (nSPS) is 11.0. The highest BCUT2D eigenvalue weighted by atomic mass is 16.2. The van der Waals surface area contributed by atoms with E-state index in [1.165, 1.54) is 0 Å². The number of amides is 1. The summed E-state index contributed by atoms with van der Waals surface area (Å²) in [6.45, 7) is 6.64. The molecule has 0 aliphatic carbocycles. The predicted octanol–water partition coefficient (Wildman–Crippen LogP) is 3.25. The predicted molar refractivity (Wildman–Crippen MR) is 98.4 cm³/mol. The van der Waals surface area contributed by atoms with Crippen molar-refractivity contribution in [3.63, 3.8) is 0 Å². The van der Waals surface area contributed by atoms with Gasteiger partial charge >= 0.3 is 0 Å². The van der Waals surface area contributed by atoms with Crippen LogP contribution in [0.25, 0.3) is 5.65 Å². The third-order valence-corrected chi connectivity index (χ3v) is 4.56. The first-order valence-electron chi connectivity index (χ1n) is 8.56. The molecule has 5 heteroatoms. The Morgan fingerprint density at radius 2 is 1.88 bits per heavy atom. The summed E-state index contributed by atoms with van der Waals surface area (Å²) in [7, 11) is 1.85. The van der Waals surface area contributed by atoms with Gasteiger partial charge in [-0.2, -0.15) is 5.10 Å². The van der Waals surface area contributed by atoms with E-state index >= 15 is 0 Å². The molecule has 3 rings (SSSR count). The van der Waals surface area contributed by atoms with Crippen LogP contribution in [0.15, 0.2) is 36.4 Å². The average Bonchev–Trinajstić information content (AvgIpc) is 2.95. The zero-order chi connectivity index (χ0) is 18.0. The summed E-state index contributed by atoms with van der Waals surface area (Å²) in [5.74, 6) is 0.138. The third kappa shape index (κ3) is 3.71. The van der Waals surface area contributed by atoms with Crippen LogP contribution in [-0.4, -0.2) is 32.5 Å². The van der Waals surface area contributed by atoms with Gasteiger partial charge in [0.05, 0.1) is 5.69 Å². The highest BCUT2D eigenvalue weighted by molar-refractivity contribution is 5.76. The van der Waals surface area contributed by atoms with Crippen LogP contribution in [0, 0.1) is 20.8 Å². The molecular formula is C20H24N4O. The second-order valence-corrected chi connectivity index (χ2v) is 6.55. The molecule has 25 heavy (non-hydrogen) atoms. The first-order valence-corrected chi connectivity index (χ1v) is 8.56. The lowest BCUT2D eigenvalue weighted by atomic mass is 10.1. The highest BCUT2D eigenvalue weighted by Gasteiger charge is 2.14. The SMILES string of the molecule is Cc1cc2nc(C)c(CCC(=O)N(C)Cc3ccccc3)c(C)n2n1. The maximum atomic E-state index is 12.5. The lowest BCUT2D eigenvalue weighted by molar-refractivity contribution is -0.130. The molecular weight excluding hydrogens is 312 g/mol. The number of carbonyl (C=O) groups is 1. The summed E-state index contributed by atoms with van der Waals surface area (Å²) in [4.78, 5) is 18.9. The van der Waals surface area contributed by atoms with Crippen LogP contribution in [0.3, 0.4) is 0 Å². The summed E-state index contributed by atoms with van der Waals surface area (Å²) in [5.41, 5.74) is 6.10. The highest BCUT2D eigenvalue weighted by Crippen LogP contribution is 2.17. The molecule has 0 aliphatic heterocycles. The van der Waals surface area contributed by atoms with Gasteiger partial charge in [0.1, 0.15) is 0 Å². The van der Waals surface area contributed by atoms with Gasteiger partial charge in [-0.1, -0.05) is 30.3 Å². The summed E-state index contributed by atoms with van der Waals surface area (Å²) < 4.78 is 1.87. The fourth-order valence-electron chi connectivity index (χ4n) is 3.17. The van der Waals surface area contributed by atoms with Gasteiger partial charge in [-0.3, -0.25) is 4.79 Å². The van der Waals surface area contributed by atoms with Crippen LogP contribution in [0.4, 0.5) is 0 Å². The van der Waals surface area contributed by atoms with Crippen molar-refractivity contribution in [2.45, 2.75) is 40.2 Å². The van der Waals surface area contributed by atoms with Gasteiger partial charge in [-0.15, -0.1) is 0 Å². The molecule has 0 unspecified atom stereocenters. The van der Waals surface area contributed by atoms with Crippen LogP contribution in [-0.2, 0) is 17.8 Å². The number of benzene rings is 1. The summed E-state index contributed by atoms with van der Waals surface area (Å²) >= 11 is 0. The Morgan fingerprint density at radius 3 is 2.60 bits per heavy atom. The van der Waals surface area contributed by atoms with Gasteiger partial charge < -0.3 is 4.90 Å². The van der Waals surface area contributed by atoms with E-state index < -0.39 is 0 Å². The Morgan fingerprint density at radius 1 is 1.16 bits per heavy atom. The smallest absolute Gasteiger partial charge is 0.222 e. The summed E-state index contributed by atoms with van der Waals surface area (Å²) in [6.07, 6.45) is 1.15. The van der Waals surface area contributed by atoms with E-state index in [0.717, 1.165) is 33.9 Å². The van der Waals surface area contributed by atoms with Crippen LogP contribution >= 0.6 is 0 Å². The number of aryl methyl sites for hydroxylation is 3. The van der Waals surface area contributed by atoms with E-state index in [1.54, 1.807) is 4.90 Å². The van der Waals surface area contributed by atoms with Crippen molar-refractivity contribution in [3.8, 4) is 0 Å². The third-order valence-electron chi connectivity index (χ3n) is 4.56. The lowest BCUT2D eigenvalue weighted by Crippen LogP contribution is -2.26. The van der Waals surface area contributed by atoms with Gasteiger partial charge in [-0.25, -0.2) is 9.50 Å². The number of rotatable bonds is 5. The zero-order valence-electron chi connectivity index (χ0n) is 15.3. The second kappa shape index (κ2) is 7.05. The number of hydrogen-bond donors (Lipinski definition) is 0. The van der Waals surface area contributed by atoms with E-state index in [2.05, 4.69) is 10.1 Å². The molecule has 5 nitrogen and oxygen atoms in total. The molecule has 0 atom stereocenters. The minimum Gasteiger partial charge on any atom is -0.341 e. The minimum absolute atomic E-state index is 0.138. The molecule has 0 saturated heterocycles. The summed E-state index contributed by atoms with van der Waals surface area (Å²) in [6, 6.07) is 12.0. The monoisotopic (exact) mass is 336 g/mol.